The van der Waals surface area contributed by atoms with E-state index in [-0.39, 0.29) is 6.42 Å². The van der Waals surface area contributed by atoms with Gasteiger partial charge in [0.2, 0.25) is 5.82 Å². The van der Waals surface area contributed by atoms with Crippen LogP contribution in [0.3, 0.4) is 0 Å². The molecule has 1 atom stereocenters. The molecule has 1 unspecified atom stereocenters. The van der Waals surface area contributed by atoms with Crippen molar-refractivity contribution in [3.8, 4) is 6.07 Å². The van der Waals surface area contributed by atoms with Crippen LogP contribution in [0.4, 0.5) is 14.5 Å². The number of benzene rings is 1. The van der Waals surface area contributed by atoms with Gasteiger partial charge < -0.3 is 0 Å². The Hall–Kier alpha value is -2.36. The van der Waals surface area contributed by atoms with Gasteiger partial charge in [0.25, 0.3) is 0 Å². The summed E-state index contributed by atoms with van der Waals surface area (Å²) in [4.78, 5) is 21.1. The van der Waals surface area contributed by atoms with E-state index in [4.69, 9.17) is 5.26 Å². The number of carbonyl (C=O) groups excluding carboxylic acids is 1. The minimum Gasteiger partial charge on any atom is -0.293 e. The zero-order valence-corrected chi connectivity index (χ0v) is 9.31. The van der Waals surface area contributed by atoms with Crippen LogP contribution in [0, 0.1) is 39.0 Å². The number of nitro groups is 1. The summed E-state index contributed by atoms with van der Waals surface area (Å²) < 4.78 is 26.7. The highest BCUT2D eigenvalue weighted by atomic mass is 19.1. The van der Waals surface area contributed by atoms with Crippen LogP contribution in [-0.2, 0) is 0 Å². The van der Waals surface area contributed by atoms with Crippen molar-refractivity contribution >= 4 is 11.5 Å². The number of Topliss-reactive ketones (excluding diaryl/α,β-unsaturated/α-hetero) is 1. The Kier molecular flexibility index (Phi) is 4.05. The lowest BCUT2D eigenvalue weighted by Crippen LogP contribution is -2.15. The Morgan fingerprint density at radius 2 is 2.17 bits per heavy atom. The van der Waals surface area contributed by atoms with Gasteiger partial charge in [-0.2, -0.15) is 9.65 Å². The molecule has 0 saturated carbocycles. The summed E-state index contributed by atoms with van der Waals surface area (Å²) >= 11 is 0. The number of rotatable bonds is 4. The molecule has 0 spiro atoms. The van der Waals surface area contributed by atoms with Gasteiger partial charge in [0, 0.05) is 0 Å². The Bertz CT molecular complexity index is 552. The summed E-state index contributed by atoms with van der Waals surface area (Å²) in [6.07, 6.45) is 0.110. The van der Waals surface area contributed by atoms with Gasteiger partial charge in [-0.3, -0.25) is 14.9 Å². The number of nitro benzene ring substituents is 1. The topological polar surface area (TPSA) is 84.0 Å². The molecule has 5 nitrogen and oxygen atoms in total. The second-order valence-corrected chi connectivity index (χ2v) is 3.50. The lowest BCUT2D eigenvalue weighted by molar-refractivity contribution is -0.387. The summed E-state index contributed by atoms with van der Waals surface area (Å²) in [6, 6.07) is 2.59. The molecule has 0 aliphatic carbocycles. The number of carbonyl (C=O) groups is 1. The van der Waals surface area contributed by atoms with E-state index < -0.39 is 39.5 Å². The molecule has 0 saturated heterocycles. The Morgan fingerprint density at radius 1 is 1.56 bits per heavy atom. The molecule has 1 rings (SSSR count). The lowest BCUT2D eigenvalue weighted by atomic mass is 9.96. The largest absolute Gasteiger partial charge is 0.308 e. The highest BCUT2D eigenvalue weighted by molar-refractivity contribution is 6.00. The Morgan fingerprint density at radius 3 is 2.61 bits per heavy atom. The molecule has 0 radical (unpaired) electrons. The molecular weight excluding hydrogens is 246 g/mol. The maximum absolute atomic E-state index is 13.6. The summed E-state index contributed by atoms with van der Waals surface area (Å²) in [6.45, 7) is 1.53. The molecule has 0 aliphatic rings. The maximum Gasteiger partial charge on any atom is 0.308 e. The highest BCUT2D eigenvalue weighted by Crippen LogP contribution is 2.25. The van der Waals surface area contributed by atoms with Crippen LogP contribution in [-0.4, -0.2) is 10.7 Å². The number of hydrogen-bond acceptors (Lipinski definition) is 4. The van der Waals surface area contributed by atoms with E-state index in [0.29, 0.717) is 12.1 Å². The molecular formula is C11H8F2N2O3. The number of ketones is 1. The van der Waals surface area contributed by atoms with E-state index >= 15 is 0 Å². The van der Waals surface area contributed by atoms with Crippen molar-refractivity contribution < 1.29 is 18.5 Å². The SMILES string of the molecule is CCC(C#N)C(=O)c1cc(F)cc([N+](=O)[O-])c1F. The fraction of sp³-hybridized carbons (Fsp3) is 0.273. The molecule has 0 fully saturated rings. The van der Waals surface area contributed by atoms with Crippen molar-refractivity contribution in [3.05, 3.63) is 39.4 Å². The van der Waals surface area contributed by atoms with E-state index in [2.05, 4.69) is 0 Å². The number of nitriles is 1. The molecule has 18 heavy (non-hydrogen) atoms. The number of hydrogen-bond donors (Lipinski definition) is 0. The monoisotopic (exact) mass is 254 g/mol. The van der Waals surface area contributed by atoms with Crippen LogP contribution in [0.1, 0.15) is 23.7 Å². The quantitative estimate of drug-likeness (QED) is 0.469. The van der Waals surface area contributed by atoms with Crippen LogP contribution >= 0.6 is 0 Å². The summed E-state index contributed by atoms with van der Waals surface area (Å²) in [5, 5.41) is 19.2. The van der Waals surface area contributed by atoms with Crippen LogP contribution in [0.15, 0.2) is 12.1 Å². The third kappa shape index (κ3) is 2.48. The van der Waals surface area contributed by atoms with E-state index in [1.165, 1.54) is 6.92 Å². The smallest absolute Gasteiger partial charge is 0.293 e. The first-order chi connectivity index (χ1) is 8.42. The van der Waals surface area contributed by atoms with Crippen LogP contribution in [0.2, 0.25) is 0 Å². The third-order valence-electron chi connectivity index (χ3n) is 2.36. The second kappa shape index (κ2) is 5.31. The zero-order chi connectivity index (χ0) is 13.9. The van der Waals surface area contributed by atoms with Crippen LogP contribution < -0.4 is 0 Å². The van der Waals surface area contributed by atoms with Crippen LogP contribution in [0.25, 0.3) is 0 Å². The molecule has 1 aromatic rings. The van der Waals surface area contributed by atoms with Gasteiger partial charge in [0.05, 0.1) is 22.6 Å². The van der Waals surface area contributed by atoms with Gasteiger partial charge in [-0.1, -0.05) is 6.92 Å². The van der Waals surface area contributed by atoms with Gasteiger partial charge in [-0.15, -0.1) is 0 Å². The van der Waals surface area contributed by atoms with Gasteiger partial charge in [-0.05, 0) is 12.5 Å². The standard InChI is InChI=1S/C11H8F2N2O3/c1-2-6(5-14)11(16)8-3-7(12)4-9(10(8)13)15(17)18/h3-4,6H,2H2,1H3. The van der Waals surface area contributed by atoms with Gasteiger partial charge in [-0.25, -0.2) is 4.39 Å². The predicted octanol–water partition coefficient (Wildman–Crippen LogP) is 2.61. The fourth-order valence-electron chi connectivity index (χ4n) is 1.41. The van der Waals surface area contributed by atoms with Crippen molar-refractivity contribution in [2.75, 3.05) is 0 Å². The normalized spacial score (nSPS) is 11.7. The molecule has 0 bridgehead atoms. The Balaban J connectivity index is 3.38. The van der Waals surface area contributed by atoms with Crippen molar-refractivity contribution in [2.24, 2.45) is 5.92 Å². The Labute approximate surface area is 101 Å². The molecule has 7 heteroatoms. The molecule has 0 aromatic heterocycles. The first-order valence-electron chi connectivity index (χ1n) is 4.99. The maximum atomic E-state index is 13.6. The fourth-order valence-corrected chi connectivity index (χ4v) is 1.41. The van der Waals surface area contributed by atoms with E-state index in [1.807, 2.05) is 0 Å². The predicted molar refractivity (Wildman–Crippen MR) is 56.7 cm³/mol. The average molecular weight is 254 g/mol. The molecule has 94 valence electrons. The molecule has 0 amide bonds. The zero-order valence-electron chi connectivity index (χ0n) is 9.31. The second-order valence-electron chi connectivity index (χ2n) is 3.50. The molecule has 1 aromatic carbocycles. The third-order valence-corrected chi connectivity index (χ3v) is 2.36. The minimum atomic E-state index is -1.42. The first kappa shape index (κ1) is 13.7. The van der Waals surface area contributed by atoms with Gasteiger partial charge in [0.15, 0.2) is 5.78 Å². The van der Waals surface area contributed by atoms with Gasteiger partial charge >= 0.3 is 5.69 Å². The first-order valence-corrected chi connectivity index (χ1v) is 4.99. The van der Waals surface area contributed by atoms with Crippen LogP contribution in [0.5, 0.6) is 0 Å². The minimum absolute atomic E-state index is 0.110. The molecule has 0 heterocycles. The van der Waals surface area contributed by atoms with E-state index in [1.54, 1.807) is 6.07 Å². The van der Waals surface area contributed by atoms with Crippen molar-refractivity contribution in [1.82, 2.24) is 0 Å². The summed E-state index contributed by atoms with van der Waals surface area (Å²) in [5.74, 6) is -4.62. The van der Waals surface area contributed by atoms with Crippen molar-refractivity contribution in [2.45, 2.75) is 13.3 Å². The van der Waals surface area contributed by atoms with Crippen molar-refractivity contribution in [3.63, 3.8) is 0 Å². The summed E-state index contributed by atoms with van der Waals surface area (Å²) in [7, 11) is 0. The average Bonchev–Trinajstić information content (AvgIpc) is 2.32. The molecule has 0 N–H and O–H groups in total. The van der Waals surface area contributed by atoms with E-state index in [0.717, 1.165) is 0 Å². The molecule has 0 aliphatic heterocycles. The van der Waals surface area contributed by atoms with Crippen molar-refractivity contribution in [1.29, 1.82) is 5.26 Å². The number of nitrogens with zero attached hydrogens (tertiary/aromatic N) is 2. The van der Waals surface area contributed by atoms with E-state index in [9.17, 15) is 23.7 Å². The van der Waals surface area contributed by atoms with Gasteiger partial charge in [0.1, 0.15) is 11.7 Å². The summed E-state index contributed by atoms with van der Waals surface area (Å²) in [5.41, 5.74) is -1.89. The highest BCUT2D eigenvalue weighted by Gasteiger charge is 2.27. The number of halogens is 2. The lowest BCUT2D eigenvalue weighted by Gasteiger charge is -2.06.